The van der Waals surface area contributed by atoms with Crippen LogP contribution in [0.1, 0.15) is 49.9 Å². The molecule has 1 aromatic rings. The quantitative estimate of drug-likeness (QED) is 0.888. The highest BCUT2D eigenvalue weighted by atomic mass is 16.3. The van der Waals surface area contributed by atoms with Crippen LogP contribution in [0.25, 0.3) is 0 Å². The van der Waals surface area contributed by atoms with Gasteiger partial charge < -0.3 is 15.1 Å². The van der Waals surface area contributed by atoms with Gasteiger partial charge in [-0.05, 0) is 30.9 Å². The molecule has 1 fully saturated rings. The van der Waals surface area contributed by atoms with E-state index in [1.165, 1.54) is 18.2 Å². The monoisotopic (exact) mass is 277 g/mol. The molecule has 1 aromatic carbocycles. The number of phenolic OH excluding ortho intramolecular Hbond substituents is 2. The molecule has 1 aliphatic rings. The lowest BCUT2D eigenvalue weighted by atomic mass is 10.1. The minimum absolute atomic E-state index is 0.0278. The number of benzene rings is 1. The van der Waals surface area contributed by atoms with Crippen LogP contribution in [-0.4, -0.2) is 33.6 Å². The molecule has 0 radical (unpaired) electrons. The van der Waals surface area contributed by atoms with E-state index >= 15 is 0 Å². The lowest BCUT2D eigenvalue weighted by Gasteiger charge is -2.31. The maximum Gasteiger partial charge on any atom is 0.261 e. The summed E-state index contributed by atoms with van der Waals surface area (Å²) in [6.07, 6.45) is 4.29. The summed E-state index contributed by atoms with van der Waals surface area (Å²) in [4.78, 5) is 14.5. The van der Waals surface area contributed by atoms with Crippen LogP contribution in [0.15, 0.2) is 18.2 Å². The molecule has 0 heterocycles. The van der Waals surface area contributed by atoms with Gasteiger partial charge in [-0.25, -0.2) is 0 Å². The standard InChI is InChI=1S/C16H23NO3/c1-11(2)10-17(12-6-3-4-7-12)16(20)15-13(18)8-5-9-14(15)19/h5,8-9,11-12,18-19H,3-4,6-7,10H2,1-2H3. The third kappa shape index (κ3) is 3.06. The Morgan fingerprint density at radius 3 is 2.30 bits per heavy atom. The van der Waals surface area contributed by atoms with E-state index in [0.717, 1.165) is 25.7 Å². The first kappa shape index (κ1) is 14.7. The van der Waals surface area contributed by atoms with Crippen molar-refractivity contribution in [1.82, 2.24) is 4.90 Å². The fourth-order valence-corrected chi connectivity index (χ4v) is 2.90. The Bertz CT molecular complexity index is 458. The fraction of sp³-hybridized carbons (Fsp3) is 0.562. The second-order valence-electron chi connectivity index (χ2n) is 5.96. The van der Waals surface area contributed by atoms with Crippen molar-refractivity contribution in [3.8, 4) is 11.5 Å². The third-order valence-electron chi connectivity index (χ3n) is 3.82. The Morgan fingerprint density at radius 2 is 1.80 bits per heavy atom. The molecule has 0 aliphatic heterocycles. The summed E-state index contributed by atoms with van der Waals surface area (Å²) in [5, 5.41) is 19.8. The van der Waals surface area contributed by atoms with Gasteiger partial charge in [-0.1, -0.05) is 32.8 Å². The van der Waals surface area contributed by atoms with E-state index in [2.05, 4.69) is 13.8 Å². The van der Waals surface area contributed by atoms with Crippen LogP contribution < -0.4 is 0 Å². The average Bonchev–Trinajstić information content (AvgIpc) is 2.88. The highest BCUT2D eigenvalue weighted by molar-refractivity contribution is 5.99. The van der Waals surface area contributed by atoms with E-state index in [4.69, 9.17) is 0 Å². The van der Waals surface area contributed by atoms with E-state index in [-0.39, 0.29) is 29.0 Å². The Morgan fingerprint density at radius 1 is 1.25 bits per heavy atom. The lowest BCUT2D eigenvalue weighted by Crippen LogP contribution is -2.41. The summed E-state index contributed by atoms with van der Waals surface area (Å²) in [6.45, 7) is 4.79. The number of rotatable bonds is 4. The Labute approximate surface area is 120 Å². The Hall–Kier alpha value is -1.71. The second-order valence-corrected chi connectivity index (χ2v) is 5.96. The van der Waals surface area contributed by atoms with Crippen molar-refractivity contribution in [1.29, 1.82) is 0 Å². The fourth-order valence-electron chi connectivity index (χ4n) is 2.90. The van der Waals surface area contributed by atoms with Gasteiger partial charge in [0.1, 0.15) is 17.1 Å². The molecule has 4 nitrogen and oxygen atoms in total. The van der Waals surface area contributed by atoms with Crippen LogP contribution in [0.4, 0.5) is 0 Å². The summed E-state index contributed by atoms with van der Waals surface area (Å²) in [6, 6.07) is 4.64. The summed E-state index contributed by atoms with van der Waals surface area (Å²) < 4.78 is 0. The Balaban J connectivity index is 2.30. The van der Waals surface area contributed by atoms with Crippen molar-refractivity contribution in [3.63, 3.8) is 0 Å². The van der Waals surface area contributed by atoms with E-state index in [1.54, 1.807) is 0 Å². The average molecular weight is 277 g/mol. The van der Waals surface area contributed by atoms with Gasteiger partial charge in [-0.3, -0.25) is 4.79 Å². The van der Waals surface area contributed by atoms with Gasteiger partial charge in [-0.2, -0.15) is 0 Å². The first-order chi connectivity index (χ1) is 9.50. The Kier molecular flexibility index (Phi) is 4.53. The summed E-state index contributed by atoms with van der Waals surface area (Å²) in [7, 11) is 0. The molecule has 0 saturated heterocycles. The molecule has 0 unspecified atom stereocenters. The van der Waals surface area contributed by atoms with Crippen LogP contribution in [0.2, 0.25) is 0 Å². The minimum Gasteiger partial charge on any atom is -0.507 e. The predicted molar refractivity (Wildman–Crippen MR) is 77.9 cm³/mol. The molecule has 1 amide bonds. The number of carbonyl (C=O) groups is 1. The van der Waals surface area contributed by atoms with Crippen LogP contribution in [0.3, 0.4) is 0 Å². The molecule has 0 spiro atoms. The molecule has 2 N–H and O–H groups in total. The van der Waals surface area contributed by atoms with E-state index in [1.807, 2.05) is 4.90 Å². The van der Waals surface area contributed by atoms with Crippen molar-refractivity contribution in [3.05, 3.63) is 23.8 Å². The molecule has 0 aromatic heterocycles. The van der Waals surface area contributed by atoms with Gasteiger partial charge in [0.05, 0.1) is 0 Å². The third-order valence-corrected chi connectivity index (χ3v) is 3.82. The lowest BCUT2D eigenvalue weighted by molar-refractivity contribution is 0.0649. The molecule has 1 saturated carbocycles. The molecular weight excluding hydrogens is 254 g/mol. The van der Waals surface area contributed by atoms with Crippen molar-refractivity contribution in [2.75, 3.05) is 6.54 Å². The SMILES string of the molecule is CC(C)CN(C(=O)c1c(O)cccc1O)C1CCCC1. The van der Waals surface area contributed by atoms with Crippen molar-refractivity contribution >= 4 is 5.91 Å². The zero-order valence-electron chi connectivity index (χ0n) is 12.2. The summed E-state index contributed by atoms with van der Waals surface area (Å²) >= 11 is 0. The van der Waals surface area contributed by atoms with Gasteiger partial charge in [-0.15, -0.1) is 0 Å². The normalized spacial score (nSPS) is 15.8. The first-order valence-electron chi connectivity index (χ1n) is 7.32. The number of hydrogen-bond donors (Lipinski definition) is 2. The number of hydrogen-bond acceptors (Lipinski definition) is 3. The van der Waals surface area contributed by atoms with Gasteiger partial charge in [0.2, 0.25) is 0 Å². The van der Waals surface area contributed by atoms with Gasteiger partial charge in [0.15, 0.2) is 0 Å². The smallest absolute Gasteiger partial charge is 0.261 e. The molecular formula is C16H23NO3. The second kappa shape index (κ2) is 6.16. The largest absolute Gasteiger partial charge is 0.507 e. The molecule has 4 heteroatoms. The first-order valence-corrected chi connectivity index (χ1v) is 7.32. The van der Waals surface area contributed by atoms with Crippen LogP contribution in [0.5, 0.6) is 11.5 Å². The van der Waals surface area contributed by atoms with Gasteiger partial charge in [0.25, 0.3) is 5.91 Å². The number of aromatic hydroxyl groups is 2. The van der Waals surface area contributed by atoms with Crippen molar-refractivity contribution in [2.45, 2.75) is 45.6 Å². The van der Waals surface area contributed by atoms with Crippen LogP contribution in [0, 0.1) is 5.92 Å². The number of phenols is 2. The number of carbonyl (C=O) groups excluding carboxylic acids is 1. The molecule has 0 bridgehead atoms. The summed E-state index contributed by atoms with van der Waals surface area (Å²) in [5.74, 6) is -0.211. The highest BCUT2D eigenvalue weighted by Gasteiger charge is 2.30. The van der Waals surface area contributed by atoms with Crippen LogP contribution >= 0.6 is 0 Å². The minimum atomic E-state index is -0.263. The molecule has 1 aliphatic carbocycles. The zero-order chi connectivity index (χ0) is 14.7. The van der Waals surface area contributed by atoms with Crippen LogP contribution in [-0.2, 0) is 0 Å². The maximum atomic E-state index is 12.7. The zero-order valence-corrected chi connectivity index (χ0v) is 12.2. The number of nitrogens with zero attached hydrogens (tertiary/aromatic N) is 1. The molecule has 110 valence electrons. The van der Waals surface area contributed by atoms with Gasteiger partial charge >= 0.3 is 0 Å². The predicted octanol–water partition coefficient (Wildman–Crippen LogP) is 3.14. The topological polar surface area (TPSA) is 60.8 Å². The highest BCUT2D eigenvalue weighted by Crippen LogP contribution is 2.31. The van der Waals surface area contributed by atoms with E-state index in [9.17, 15) is 15.0 Å². The van der Waals surface area contributed by atoms with E-state index in [0.29, 0.717) is 12.5 Å². The van der Waals surface area contributed by atoms with Gasteiger partial charge in [0, 0.05) is 12.6 Å². The molecule has 20 heavy (non-hydrogen) atoms. The number of amides is 1. The van der Waals surface area contributed by atoms with E-state index < -0.39 is 0 Å². The van der Waals surface area contributed by atoms with Crippen molar-refractivity contribution in [2.24, 2.45) is 5.92 Å². The van der Waals surface area contributed by atoms with Crippen molar-refractivity contribution < 1.29 is 15.0 Å². The molecule has 0 atom stereocenters. The molecule has 2 rings (SSSR count). The summed E-state index contributed by atoms with van der Waals surface area (Å²) in [5.41, 5.74) is 0.0278. The maximum absolute atomic E-state index is 12.7.